The topological polar surface area (TPSA) is 68.5 Å². The number of esters is 2. The number of hydrogen-bond donors (Lipinski definition) is 0. The molecule has 2 aromatic heterocycles. The van der Waals surface area contributed by atoms with Crippen molar-refractivity contribution >= 4 is 41.6 Å². The Bertz CT molecular complexity index is 2160. The van der Waals surface area contributed by atoms with Crippen LogP contribution in [0.1, 0.15) is 113 Å². The molecule has 0 bridgehead atoms. The minimum Gasteiger partial charge on any atom is -0.469 e. The first-order valence-corrected chi connectivity index (χ1v) is 17.2. The number of aromatic nitrogens is 2. The average molecular weight is 635 g/mol. The normalized spacial score (nSPS) is 24.0. The van der Waals surface area contributed by atoms with E-state index < -0.39 is 5.91 Å². The molecule has 1 spiro atoms. The van der Waals surface area contributed by atoms with Crippen molar-refractivity contribution in [3.63, 3.8) is 0 Å². The van der Waals surface area contributed by atoms with Crippen LogP contribution in [0.3, 0.4) is 0 Å². The van der Waals surface area contributed by atoms with E-state index in [-0.39, 0.29) is 23.8 Å². The second-order valence-corrected chi connectivity index (χ2v) is 14.8. The van der Waals surface area contributed by atoms with E-state index in [1.54, 1.807) is 0 Å². The summed E-state index contributed by atoms with van der Waals surface area (Å²) in [5.41, 5.74) is 15.2. The minimum absolute atomic E-state index is 0.124. The Kier molecular flexibility index (Phi) is 6.36. The van der Waals surface area contributed by atoms with Gasteiger partial charge in [0.05, 0.1) is 54.2 Å². The molecule has 0 amide bonds. The standard InChI is InChI=1S/C39H46N4O4/c1-19(2)37-23(7)29-15-27-21(5)25(11-13-35(44)46-9)31-18-32-26(12-14-36(45)47-10)22(6)28-16-33-38(20(3)4)24(8)30-17-34(37)42(29)39(40(27)31,41(28)32)43(30)33/h15-21,25H,11-14H2,1-10H3/q+2. The largest absolute Gasteiger partial charge is 0.553 e. The maximum absolute atomic E-state index is 12.5. The first kappa shape index (κ1) is 30.2. The highest BCUT2D eigenvalue weighted by Gasteiger charge is 2.74. The molecule has 6 aliphatic rings. The molecule has 0 aromatic carbocycles. The SMILES string of the molecule is COC(=O)CCC1=C(C)C2=[N+]3C1=CC1=[N+]4C(=Cc5c(C)c(C(C)C)c6n5C34n3c(c(C)c(C(C)C)c3=C2)=C6)C(C)C1CCC(=O)OC. The Balaban J connectivity index is 1.55. The molecule has 244 valence electrons. The molecule has 0 saturated carbocycles. The molecule has 2 aromatic rings. The zero-order chi connectivity index (χ0) is 33.4. The first-order valence-electron chi connectivity index (χ1n) is 17.2. The third kappa shape index (κ3) is 3.49. The smallest absolute Gasteiger partial charge is 0.469 e. The summed E-state index contributed by atoms with van der Waals surface area (Å²) in [5.74, 6) is -0.150. The van der Waals surface area contributed by atoms with Crippen LogP contribution in [0.25, 0.3) is 18.2 Å². The molecule has 3 unspecified atom stereocenters. The van der Waals surface area contributed by atoms with E-state index in [2.05, 4.69) is 98.0 Å². The number of ether oxygens (including phenoxy) is 2. The lowest BCUT2D eigenvalue weighted by atomic mass is 9.85. The highest BCUT2D eigenvalue weighted by molar-refractivity contribution is 6.20. The van der Waals surface area contributed by atoms with E-state index in [0.29, 0.717) is 37.5 Å². The monoisotopic (exact) mass is 634 g/mol. The fraction of sp³-hybridized carbons (Fsp3) is 0.487. The highest BCUT2D eigenvalue weighted by atomic mass is 16.5. The van der Waals surface area contributed by atoms with Gasteiger partial charge in [-0.2, -0.15) is 9.13 Å². The molecular formula is C39H46N4O4+2. The van der Waals surface area contributed by atoms with Gasteiger partial charge in [-0.3, -0.25) is 9.59 Å². The molecule has 0 aliphatic carbocycles. The fourth-order valence-electron chi connectivity index (χ4n) is 9.91. The molecule has 8 heteroatoms. The van der Waals surface area contributed by atoms with Crippen LogP contribution in [0.2, 0.25) is 0 Å². The van der Waals surface area contributed by atoms with Crippen molar-refractivity contribution in [2.45, 2.75) is 98.8 Å². The van der Waals surface area contributed by atoms with Gasteiger partial charge >= 0.3 is 17.8 Å². The maximum atomic E-state index is 12.5. The third-order valence-corrected chi connectivity index (χ3v) is 11.9. The Morgan fingerprint density at radius 1 is 0.830 bits per heavy atom. The van der Waals surface area contributed by atoms with Crippen molar-refractivity contribution in [3.8, 4) is 0 Å². The molecule has 47 heavy (non-hydrogen) atoms. The first-order chi connectivity index (χ1) is 22.4. The van der Waals surface area contributed by atoms with Gasteiger partial charge in [-0.1, -0.05) is 43.8 Å². The van der Waals surface area contributed by atoms with Gasteiger partial charge in [0, 0.05) is 36.1 Å². The van der Waals surface area contributed by atoms with Gasteiger partial charge in [0.1, 0.15) is 0 Å². The quantitative estimate of drug-likeness (QED) is 0.307. The lowest BCUT2D eigenvalue weighted by Crippen LogP contribution is -2.70. The van der Waals surface area contributed by atoms with E-state index >= 15 is 0 Å². The Hall–Kier alpha value is -4.20. The van der Waals surface area contributed by atoms with Gasteiger partial charge in [-0.05, 0) is 73.8 Å². The molecule has 0 radical (unpaired) electrons. The zero-order valence-corrected chi connectivity index (χ0v) is 29.4. The van der Waals surface area contributed by atoms with Crippen LogP contribution in [0.4, 0.5) is 0 Å². The summed E-state index contributed by atoms with van der Waals surface area (Å²) in [6, 6.07) is 0. The molecule has 0 saturated heterocycles. The highest BCUT2D eigenvalue weighted by Crippen LogP contribution is 2.53. The molecule has 8 heterocycles. The van der Waals surface area contributed by atoms with Gasteiger partial charge in [0.2, 0.25) is 17.1 Å². The van der Waals surface area contributed by atoms with E-state index in [1.165, 1.54) is 86.8 Å². The van der Waals surface area contributed by atoms with Crippen LogP contribution in [-0.2, 0) is 25.0 Å². The fourth-order valence-corrected chi connectivity index (χ4v) is 9.91. The number of nitrogens with zero attached hydrogens (tertiary/aromatic N) is 4. The molecule has 3 atom stereocenters. The Morgan fingerprint density at radius 2 is 1.51 bits per heavy atom. The van der Waals surface area contributed by atoms with Gasteiger partial charge in [-0.25, -0.2) is 0 Å². The van der Waals surface area contributed by atoms with Crippen molar-refractivity contribution in [3.05, 3.63) is 73.0 Å². The predicted octanol–water partition coefficient (Wildman–Crippen LogP) is 4.87. The molecule has 8 rings (SSSR count). The van der Waals surface area contributed by atoms with E-state index in [4.69, 9.17) is 9.47 Å². The average Bonchev–Trinajstić information content (AvgIpc) is 3.68. The maximum Gasteiger partial charge on any atom is 0.553 e. The number of allylic oxidation sites excluding steroid dienone is 4. The predicted molar refractivity (Wildman–Crippen MR) is 182 cm³/mol. The van der Waals surface area contributed by atoms with Gasteiger partial charge < -0.3 is 9.47 Å². The Labute approximate surface area is 276 Å². The lowest BCUT2D eigenvalue weighted by molar-refractivity contribution is -0.838. The van der Waals surface area contributed by atoms with Crippen LogP contribution in [0, 0.1) is 25.7 Å². The van der Waals surface area contributed by atoms with Crippen LogP contribution in [0.15, 0.2) is 28.6 Å². The summed E-state index contributed by atoms with van der Waals surface area (Å²) < 4.78 is 20.7. The molecule has 6 aliphatic heterocycles. The number of hydrogen-bond acceptors (Lipinski definition) is 4. The summed E-state index contributed by atoms with van der Waals surface area (Å²) in [5, 5.41) is 2.51. The lowest BCUT2D eigenvalue weighted by Gasteiger charge is -2.38. The van der Waals surface area contributed by atoms with Crippen molar-refractivity contribution in [2.75, 3.05) is 14.2 Å². The van der Waals surface area contributed by atoms with Gasteiger partial charge in [0.25, 0.3) is 0 Å². The summed E-state index contributed by atoms with van der Waals surface area (Å²) in [6.45, 7) is 18.4. The van der Waals surface area contributed by atoms with Crippen molar-refractivity contribution in [1.29, 1.82) is 0 Å². The van der Waals surface area contributed by atoms with E-state index in [9.17, 15) is 9.59 Å². The number of carbonyl (C=O) groups excluding carboxylic acids is 2. The van der Waals surface area contributed by atoms with Crippen LogP contribution in [0.5, 0.6) is 0 Å². The van der Waals surface area contributed by atoms with Crippen LogP contribution in [-0.4, -0.2) is 55.9 Å². The summed E-state index contributed by atoms with van der Waals surface area (Å²) in [7, 11) is 2.94. The third-order valence-electron chi connectivity index (χ3n) is 11.9. The summed E-state index contributed by atoms with van der Waals surface area (Å²) in [4.78, 5) is 25.1. The number of methoxy groups -OCH3 is 2. The zero-order valence-electron chi connectivity index (χ0n) is 29.4. The van der Waals surface area contributed by atoms with Crippen LogP contribution >= 0.6 is 0 Å². The van der Waals surface area contributed by atoms with E-state index in [1.807, 2.05) is 0 Å². The van der Waals surface area contributed by atoms with Crippen LogP contribution < -0.4 is 10.7 Å². The number of carbonyl (C=O) groups is 2. The van der Waals surface area contributed by atoms with Crippen molar-refractivity contribution < 1.29 is 28.2 Å². The van der Waals surface area contributed by atoms with Crippen molar-refractivity contribution in [1.82, 2.24) is 9.13 Å². The number of rotatable bonds is 8. The molecular weight excluding hydrogens is 588 g/mol. The molecule has 8 nitrogen and oxygen atoms in total. The second kappa shape index (κ2) is 9.91. The molecule has 0 N–H and O–H groups in total. The van der Waals surface area contributed by atoms with Gasteiger partial charge in [0.15, 0.2) is 5.70 Å². The second-order valence-electron chi connectivity index (χ2n) is 14.8. The van der Waals surface area contributed by atoms with Gasteiger partial charge in [-0.15, -0.1) is 0 Å². The summed E-state index contributed by atoms with van der Waals surface area (Å²) in [6.07, 6.45) is 11.6. The van der Waals surface area contributed by atoms with E-state index in [0.717, 1.165) is 5.70 Å². The van der Waals surface area contributed by atoms with Crippen molar-refractivity contribution in [2.24, 2.45) is 11.8 Å². The molecule has 0 fully saturated rings. The Morgan fingerprint density at radius 3 is 2.17 bits per heavy atom. The minimum atomic E-state index is -0.754. The summed E-state index contributed by atoms with van der Waals surface area (Å²) >= 11 is 0.